The van der Waals surface area contributed by atoms with Crippen LogP contribution in [0.2, 0.25) is 0 Å². The number of carbonyl (C=O) groups excluding carboxylic acids is 2. The summed E-state index contributed by atoms with van der Waals surface area (Å²) in [5.41, 5.74) is 0.247. The third-order valence-corrected chi connectivity index (χ3v) is 16.1. The summed E-state index contributed by atoms with van der Waals surface area (Å²) in [6.07, 6.45) is 59.0. The number of likely N-dealkylation sites (tertiary alicyclic amines) is 1. The fourth-order valence-electron chi connectivity index (χ4n) is 11.2. The van der Waals surface area contributed by atoms with Crippen molar-refractivity contribution < 1.29 is 19.4 Å². The molecule has 0 saturated carbocycles. The van der Waals surface area contributed by atoms with Crippen molar-refractivity contribution in [2.24, 2.45) is 0 Å². The maximum Gasteiger partial charge on any atom is 0.222 e. The fourth-order valence-corrected chi connectivity index (χ4v) is 11.2. The Bertz CT molecular complexity index is 1070. The van der Waals surface area contributed by atoms with Crippen LogP contribution >= 0.6 is 0 Å². The molecule has 1 heterocycles. The van der Waals surface area contributed by atoms with Crippen molar-refractivity contribution in [2.75, 3.05) is 59.1 Å². The van der Waals surface area contributed by atoms with Crippen LogP contribution in [0.25, 0.3) is 0 Å². The second-order valence-corrected chi connectivity index (χ2v) is 22.5. The summed E-state index contributed by atoms with van der Waals surface area (Å²) in [6.45, 7) is 16.6. The van der Waals surface area contributed by atoms with Crippen LogP contribution in [0, 0.1) is 0 Å². The number of ether oxygens (including phenoxy) is 1. The minimum absolute atomic E-state index is 0.0947. The molecule has 0 radical (unpaired) electrons. The first-order valence-electron chi connectivity index (χ1n) is 32.0. The highest BCUT2D eigenvalue weighted by Gasteiger charge is 2.43. The van der Waals surface area contributed by atoms with Gasteiger partial charge in [0, 0.05) is 57.7 Å². The van der Waals surface area contributed by atoms with Crippen LogP contribution < -0.4 is 0 Å². The van der Waals surface area contributed by atoms with Gasteiger partial charge in [-0.3, -0.25) is 14.5 Å². The lowest BCUT2D eigenvalue weighted by atomic mass is 9.77. The normalized spacial score (nSPS) is 14.9. The first-order valence-corrected chi connectivity index (χ1v) is 32.0. The third kappa shape index (κ3) is 38.4. The van der Waals surface area contributed by atoms with E-state index in [1.807, 2.05) is 0 Å². The van der Waals surface area contributed by atoms with E-state index in [-0.39, 0.29) is 12.1 Å². The van der Waals surface area contributed by atoms with Crippen LogP contribution in [0.15, 0.2) is 0 Å². The molecular weight excluding hydrogens is 863 g/mol. The van der Waals surface area contributed by atoms with Crippen LogP contribution in [0.3, 0.4) is 0 Å². The minimum atomic E-state index is 0.0947. The predicted molar refractivity (Wildman–Crippen MR) is 305 cm³/mol. The second kappa shape index (κ2) is 51.3. The molecule has 1 N–H and O–H groups in total. The van der Waals surface area contributed by atoms with Crippen LogP contribution in [-0.2, 0) is 14.3 Å². The molecule has 1 unspecified atom stereocenters. The van der Waals surface area contributed by atoms with Gasteiger partial charge in [0.2, 0.25) is 11.8 Å². The Morgan fingerprint density at radius 3 is 1.04 bits per heavy atom. The smallest absolute Gasteiger partial charge is 0.222 e. The summed E-state index contributed by atoms with van der Waals surface area (Å²) >= 11 is 0. The van der Waals surface area contributed by atoms with E-state index in [1.54, 1.807) is 0 Å². The molecular formula is C63H125N3O4. The second-order valence-electron chi connectivity index (χ2n) is 22.5. The van der Waals surface area contributed by atoms with E-state index in [4.69, 9.17) is 4.74 Å². The Kier molecular flexibility index (Phi) is 49.0. The average Bonchev–Trinajstić information content (AvgIpc) is 3.36. The van der Waals surface area contributed by atoms with Gasteiger partial charge in [0.15, 0.2) is 0 Å². The Labute approximate surface area is 438 Å². The summed E-state index contributed by atoms with van der Waals surface area (Å²) in [5, 5.41) is 9.35. The number of rotatable bonds is 57. The fraction of sp³-hybridized carbons (Fsp3) is 0.968. The lowest BCUT2D eigenvalue weighted by Gasteiger charge is -2.54. The summed E-state index contributed by atoms with van der Waals surface area (Å²) in [6, 6.07) is 0. The molecule has 0 aromatic heterocycles. The van der Waals surface area contributed by atoms with Gasteiger partial charge in [-0.1, -0.05) is 252 Å². The zero-order valence-electron chi connectivity index (χ0n) is 48.1. The highest BCUT2D eigenvalue weighted by Crippen LogP contribution is 2.39. The number of hydrogen-bond acceptors (Lipinski definition) is 5. The van der Waals surface area contributed by atoms with E-state index in [9.17, 15) is 14.7 Å². The van der Waals surface area contributed by atoms with Gasteiger partial charge in [-0.2, -0.15) is 0 Å². The number of carbonyl (C=O) groups is 2. The van der Waals surface area contributed by atoms with E-state index in [1.165, 1.54) is 270 Å². The van der Waals surface area contributed by atoms with Crippen molar-refractivity contribution in [3.8, 4) is 0 Å². The lowest BCUT2D eigenvalue weighted by molar-refractivity contribution is -0.132. The molecule has 7 nitrogen and oxygen atoms in total. The first kappa shape index (κ1) is 66.8. The quantitative estimate of drug-likeness (QED) is 0.0615. The zero-order chi connectivity index (χ0) is 50.7. The molecule has 416 valence electrons. The van der Waals surface area contributed by atoms with Crippen molar-refractivity contribution in [1.29, 1.82) is 0 Å². The van der Waals surface area contributed by atoms with Crippen molar-refractivity contribution in [1.82, 2.24) is 14.7 Å². The molecule has 70 heavy (non-hydrogen) atoms. The third-order valence-electron chi connectivity index (χ3n) is 16.1. The van der Waals surface area contributed by atoms with Crippen molar-refractivity contribution in [3.63, 3.8) is 0 Å². The lowest BCUT2D eigenvalue weighted by Crippen LogP contribution is -2.60. The molecule has 1 aliphatic heterocycles. The number of amides is 2. The predicted octanol–water partition coefficient (Wildman–Crippen LogP) is 18.1. The van der Waals surface area contributed by atoms with Gasteiger partial charge in [-0.05, 0) is 70.8 Å². The molecule has 1 atom stereocenters. The number of nitrogens with zero attached hydrogens (tertiary/aromatic N) is 3. The minimum Gasteiger partial charge on any atom is -0.394 e. The van der Waals surface area contributed by atoms with Crippen LogP contribution in [0.1, 0.15) is 329 Å². The van der Waals surface area contributed by atoms with Crippen molar-refractivity contribution in [3.05, 3.63) is 0 Å². The number of aliphatic hydroxyl groups excluding tert-OH is 1. The molecule has 1 fully saturated rings. The summed E-state index contributed by atoms with van der Waals surface area (Å²) < 4.78 is 5.83. The van der Waals surface area contributed by atoms with Crippen molar-refractivity contribution in [2.45, 2.75) is 335 Å². The summed E-state index contributed by atoms with van der Waals surface area (Å²) in [5.74, 6) is 0.820. The Morgan fingerprint density at radius 2 is 0.714 bits per heavy atom. The molecule has 0 bridgehead atoms. The monoisotopic (exact) mass is 988 g/mol. The average molecular weight is 989 g/mol. The molecule has 7 heteroatoms. The van der Waals surface area contributed by atoms with Gasteiger partial charge in [0.1, 0.15) is 0 Å². The number of aliphatic hydroxyl groups is 1. The molecule has 0 aromatic rings. The maximum absolute atomic E-state index is 13.5. The van der Waals surface area contributed by atoms with Crippen LogP contribution in [0.5, 0.6) is 0 Å². The molecule has 0 aromatic carbocycles. The maximum atomic E-state index is 13.5. The number of unbranched alkanes of at least 4 members (excludes halogenated alkanes) is 36. The van der Waals surface area contributed by atoms with Gasteiger partial charge >= 0.3 is 0 Å². The Balaban J connectivity index is 2.47. The molecule has 1 saturated heterocycles. The molecule has 1 aliphatic rings. The van der Waals surface area contributed by atoms with E-state index >= 15 is 0 Å². The Hall–Kier alpha value is -1.18. The highest BCUT2D eigenvalue weighted by atomic mass is 16.5. The van der Waals surface area contributed by atoms with Crippen LogP contribution in [0.4, 0.5) is 0 Å². The highest BCUT2D eigenvalue weighted by molar-refractivity contribution is 5.76. The topological polar surface area (TPSA) is 73.3 Å². The molecule has 0 aliphatic carbocycles. The molecule has 1 rings (SSSR count). The van der Waals surface area contributed by atoms with E-state index in [2.05, 4.69) is 42.4 Å². The van der Waals surface area contributed by atoms with Crippen molar-refractivity contribution >= 4 is 11.8 Å². The number of hydrogen-bond donors (Lipinski definition) is 1. The Morgan fingerprint density at radius 1 is 0.400 bits per heavy atom. The van der Waals surface area contributed by atoms with Gasteiger partial charge in [0.25, 0.3) is 0 Å². The molecule has 0 spiro atoms. The summed E-state index contributed by atoms with van der Waals surface area (Å²) in [7, 11) is 0. The van der Waals surface area contributed by atoms with Gasteiger partial charge in [-0.15, -0.1) is 0 Å². The van der Waals surface area contributed by atoms with E-state index < -0.39 is 0 Å². The van der Waals surface area contributed by atoms with E-state index in [0.717, 1.165) is 77.7 Å². The first-order chi connectivity index (χ1) is 34.5. The van der Waals surface area contributed by atoms with Gasteiger partial charge in [-0.25, -0.2) is 0 Å². The van der Waals surface area contributed by atoms with Crippen LogP contribution in [-0.4, -0.2) is 96.2 Å². The molecule has 2 amide bonds. The standard InChI is InChI=1S/C63H125N3O4/c1-5-9-13-17-21-25-34-42-52-64(53-43-35-26-22-18-14-10-6-2)61(68)47-39-31-29-33-41-49-63(51-59-70-60-58-67)50-57-66(63)56-46-38-30-32-40-48-62(69)65(54-44-36-27-23-19-15-11-7-3)55-45-37-28-24-20-16-12-8-4/h67H,5-60H2,1-4H3. The van der Waals surface area contributed by atoms with E-state index in [0.29, 0.717) is 18.4 Å². The largest absolute Gasteiger partial charge is 0.394 e. The van der Waals surface area contributed by atoms with Gasteiger partial charge in [0.05, 0.1) is 13.2 Å². The summed E-state index contributed by atoms with van der Waals surface area (Å²) in [4.78, 5) is 34.2. The SMILES string of the molecule is CCCCCCCCCCN(CCCCCCCCCC)C(=O)CCCCCCCN1CCC1(CCCCCCCC(=O)N(CCCCCCCCCC)CCCCCCCCCC)CCOCCO. The zero-order valence-corrected chi connectivity index (χ0v) is 48.1. The van der Waals surface area contributed by atoms with Gasteiger partial charge < -0.3 is 19.6 Å².